The highest BCUT2D eigenvalue weighted by Crippen LogP contribution is 2.07. The van der Waals surface area contributed by atoms with Crippen molar-refractivity contribution in [3.05, 3.63) is 0 Å². The van der Waals surface area contributed by atoms with E-state index in [9.17, 15) is 29.1 Å². The van der Waals surface area contributed by atoms with Gasteiger partial charge in [0.1, 0.15) is 24.4 Å². The smallest absolute Gasteiger partial charge is 0.245 e. The van der Waals surface area contributed by atoms with Crippen molar-refractivity contribution in [3.8, 4) is 0 Å². The molecule has 4 amide bonds. The van der Waals surface area contributed by atoms with Gasteiger partial charge in [-0.1, -0.05) is 13.3 Å². The number of hydrogen-bond donors (Lipinski definition) is 6. The van der Waals surface area contributed by atoms with Crippen molar-refractivity contribution in [2.75, 3.05) is 34.3 Å². The molecule has 0 saturated carbocycles. The summed E-state index contributed by atoms with van der Waals surface area (Å²) < 4.78 is 0.743. The monoisotopic (exact) mass is 501 g/mol. The first kappa shape index (κ1) is 32.4. The van der Waals surface area contributed by atoms with Crippen molar-refractivity contribution < 1.29 is 33.6 Å². The van der Waals surface area contributed by atoms with E-state index in [0.29, 0.717) is 32.0 Å². The lowest BCUT2D eigenvalue weighted by atomic mass is 10.1. The van der Waals surface area contributed by atoms with Crippen LogP contribution in [0.25, 0.3) is 0 Å². The number of carbonyl (C=O) groups is 5. The maximum Gasteiger partial charge on any atom is 0.245 e. The number of aldehydes is 1. The third kappa shape index (κ3) is 13.8. The second kappa shape index (κ2) is 16.2. The van der Waals surface area contributed by atoms with Crippen LogP contribution in [-0.4, -0.2) is 104 Å². The van der Waals surface area contributed by atoms with Gasteiger partial charge < -0.3 is 41.4 Å². The summed E-state index contributed by atoms with van der Waals surface area (Å²) in [5.74, 6) is -2.38. The van der Waals surface area contributed by atoms with E-state index in [2.05, 4.69) is 21.3 Å². The van der Waals surface area contributed by atoms with Crippen LogP contribution >= 0.6 is 0 Å². The van der Waals surface area contributed by atoms with E-state index in [1.165, 1.54) is 13.8 Å². The van der Waals surface area contributed by atoms with E-state index in [1.54, 1.807) is 0 Å². The van der Waals surface area contributed by atoms with Crippen LogP contribution in [0.5, 0.6) is 0 Å². The highest BCUT2D eigenvalue weighted by atomic mass is 16.3. The van der Waals surface area contributed by atoms with E-state index in [0.717, 1.165) is 17.4 Å². The predicted molar refractivity (Wildman–Crippen MR) is 132 cm³/mol. The zero-order valence-electron chi connectivity index (χ0n) is 21.9. The first-order valence-electron chi connectivity index (χ1n) is 12.1. The lowest BCUT2D eigenvalue weighted by Crippen LogP contribution is -2.58. The number of aliphatic hydroxyl groups is 1. The van der Waals surface area contributed by atoms with Crippen LogP contribution in [-0.2, 0) is 24.0 Å². The average molecular weight is 502 g/mol. The average Bonchev–Trinajstić information content (AvgIpc) is 2.77. The Labute approximate surface area is 208 Å². The summed E-state index contributed by atoms with van der Waals surface area (Å²) in [6.07, 6.45) is 3.20. The van der Waals surface area contributed by atoms with Gasteiger partial charge in [-0.25, -0.2) is 0 Å². The van der Waals surface area contributed by atoms with Crippen molar-refractivity contribution in [1.82, 2.24) is 21.3 Å². The van der Waals surface area contributed by atoms with E-state index >= 15 is 0 Å². The Bertz CT molecular complexity index is 709. The van der Waals surface area contributed by atoms with Crippen molar-refractivity contribution >= 4 is 29.9 Å². The number of carbonyl (C=O) groups excluding carboxylic acids is 5. The minimum atomic E-state index is -1.29. The molecule has 12 nitrogen and oxygen atoms in total. The van der Waals surface area contributed by atoms with Gasteiger partial charge in [-0.3, -0.25) is 19.2 Å². The molecule has 0 aromatic carbocycles. The van der Waals surface area contributed by atoms with E-state index in [1.807, 2.05) is 28.1 Å². The molecule has 0 aromatic heterocycles. The van der Waals surface area contributed by atoms with Gasteiger partial charge in [0.05, 0.1) is 46.4 Å². The van der Waals surface area contributed by atoms with Crippen LogP contribution < -0.4 is 27.0 Å². The summed E-state index contributed by atoms with van der Waals surface area (Å²) in [6.45, 7) is 5.00. The van der Waals surface area contributed by atoms with Crippen LogP contribution in [0.15, 0.2) is 0 Å². The van der Waals surface area contributed by atoms with Crippen LogP contribution in [0.2, 0.25) is 0 Å². The Morgan fingerprint density at radius 1 is 0.829 bits per heavy atom. The fraction of sp³-hybridized carbons (Fsp3) is 0.783. The number of quaternary nitrogens is 1. The number of nitrogens with zero attached hydrogens (tertiary/aromatic N) is 1. The third-order valence-electron chi connectivity index (χ3n) is 5.22. The first-order chi connectivity index (χ1) is 16.2. The van der Waals surface area contributed by atoms with E-state index in [-0.39, 0.29) is 0 Å². The summed E-state index contributed by atoms with van der Waals surface area (Å²) >= 11 is 0. The molecule has 0 saturated heterocycles. The number of hydrogen-bond acceptors (Lipinski definition) is 7. The minimum Gasteiger partial charge on any atom is -0.394 e. The molecule has 0 aliphatic rings. The fourth-order valence-corrected chi connectivity index (χ4v) is 3.16. The summed E-state index contributed by atoms with van der Waals surface area (Å²) in [4.78, 5) is 61.1. The van der Waals surface area contributed by atoms with Crippen molar-refractivity contribution in [3.63, 3.8) is 0 Å². The van der Waals surface area contributed by atoms with Crippen LogP contribution in [0.1, 0.15) is 52.9 Å². The van der Waals surface area contributed by atoms with Gasteiger partial charge in [-0.2, -0.15) is 0 Å². The van der Waals surface area contributed by atoms with Crippen molar-refractivity contribution in [2.24, 2.45) is 5.73 Å². The highest BCUT2D eigenvalue weighted by molar-refractivity contribution is 5.95. The van der Waals surface area contributed by atoms with E-state index in [4.69, 9.17) is 5.73 Å². The zero-order valence-corrected chi connectivity index (χ0v) is 21.9. The standard InChI is InChI=1S/C23H44N6O6/c1-7-10-17(26-20(32)16(3)24)21(33)27-18(11-8-9-12-29(4,5)6)22(34)28-19(14-31)23(35)25-15(2)13-30/h13,15-19,31H,7-12,14,24H2,1-6H3,(H3-,25,26,27,28,32,33,34,35)/p+1/t15-,16-,17-,18-,19-/m0/s1. The molecule has 5 atom stereocenters. The van der Waals surface area contributed by atoms with Crippen molar-refractivity contribution in [2.45, 2.75) is 83.1 Å². The molecule has 0 unspecified atom stereocenters. The van der Waals surface area contributed by atoms with Crippen LogP contribution in [0.3, 0.4) is 0 Å². The van der Waals surface area contributed by atoms with Crippen LogP contribution in [0.4, 0.5) is 0 Å². The summed E-state index contributed by atoms with van der Waals surface area (Å²) in [6, 6.07) is -4.74. The quantitative estimate of drug-likeness (QED) is 0.0769. The maximum absolute atomic E-state index is 13.0. The molecule has 0 aromatic rings. The second-order valence-electron chi connectivity index (χ2n) is 9.89. The normalized spacial score (nSPS) is 15.7. The van der Waals surface area contributed by atoms with Crippen LogP contribution in [0, 0.1) is 0 Å². The van der Waals surface area contributed by atoms with Gasteiger partial charge >= 0.3 is 0 Å². The molecule has 0 aliphatic heterocycles. The number of nitrogens with one attached hydrogen (secondary N) is 4. The summed E-state index contributed by atoms with van der Waals surface area (Å²) in [5, 5.41) is 19.7. The number of nitrogens with two attached hydrogens (primary N) is 1. The number of amides is 4. The Balaban J connectivity index is 5.49. The molecule has 0 bridgehead atoms. The number of unbranched alkanes of at least 4 members (excludes halogenated alkanes) is 1. The van der Waals surface area contributed by atoms with Gasteiger partial charge in [0.2, 0.25) is 23.6 Å². The SMILES string of the molecule is CCC[C@H](NC(=O)[C@H](C)N)C(=O)N[C@@H](CCCC[N+](C)(C)C)C(=O)N[C@@H](CO)C(=O)N[C@@H](C)C=O. The highest BCUT2D eigenvalue weighted by Gasteiger charge is 2.29. The molecule has 35 heavy (non-hydrogen) atoms. The minimum absolute atomic E-state index is 0.294. The van der Waals surface area contributed by atoms with Gasteiger partial charge in [-0.15, -0.1) is 0 Å². The molecule has 12 heteroatoms. The first-order valence-corrected chi connectivity index (χ1v) is 12.1. The molecule has 202 valence electrons. The molecule has 0 rings (SSSR count). The Morgan fingerprint density at radius 2 is 1.31 bits per heavy atom. The lowest BCUT2D eigenvalue weighted by Gasteiger charge is -2.26. The molecule has 0 fully saturated rings. The Morgan fingerprint density at radius 3 is 1.77 bits per heavy atom. The Kier molecular flexibility index (Phi) is 15.0. The molecule has 0 spiro atoms. The van der Waals surface area contributed by atoms with Gasteiger partial charge in [-0.05, 0) is 39.5 Å². The molecule has 7 N–H and O–H groups in total. The second-order valence-corrected chi connectivity index (χ2v) is 9.89. The Hall–Kier alpha value is -2.57. The molecule has 0 heterocycles. The maximum atomic E-state index is 13.0. The van der Waals surface area contributed by atoms with Gasteiger partial charge in [0.25, 0.3) is 0 Å². The van der Waals surface area contributed by atoms with Gasteiger partial charge in [0.15, 0.2) is 0 Å². The topological polar surface area (TPSA) is 180 Å². The fourth-order valence-electron chi connectivity index (χ4n) is 3.16. The largest absolute Gasteiger partial charge is 0.394 e. The lowest BCUT2D eigenvalue weighted by molar-refractivity contribution is -0.870. The third-order valence-corrected chi connectivity index (χ3v) is 5.22. The molecule has 0 aliphatic carbocycles. The van der Waals surface area contributed by atoms with Gasteiger partial charge in [0, 0.05) is 0 Å². The molecule has 0 radical (unpaired) electrons. The predicted octanol–water partition coefficient (Wildman–Crippen LogP) is -1.84. The van der Waals surface area contributed by atoms with E-state index < -0.39 is 60.4 Å². The number of aliphatic hydroxyl groups excluding tert-OH is 1. The molecular formula is C23H45N6O6+. The zero-order chi connectivity index (χ0) is 27.2. The molecular weight excluding hydrogens is 456 g/mol. The summed E-state index contributed by atoms with van der Waals surface area (Å²) in [5.41, 5.74) is 5.60. The summed E-state index contributed by atoms with van der Waals surface area (Å²) in [7, 11) is 6.15. The number of rotatable bonds is 17. The van der Waals surface area contributed by atoms with Crippen molar-refractivity contribution in [1.29, 1.82) is 0 Å².